The number of hydrogen-bond acceptors (Lipinski definition) is 3. The summed E-state index contributed by atoms with van der Waals surface area (Å²) >= 11 is 1.94. The molecule has 2 rings (SSSR count). The minimum atomic E-state index is 0.792. The van der Waals surface area contributed by atoms with Crippen LogP contribution >= 0.6 is 11.8 Å². The summed E-state index contributed by atoms with van der Waals surface area (Å²) in [6, 6.07) is 9.70. The van der Waals surface area contributed by atoms with Crippen LogP contribution in [0.5, 0.6) is 0 Å². The summed E-state index contributed by atoms with van der Waals surface area (Å²) in [6.45, 7) is 2.15. The summed E-state index contributed by atoms with van der Waals surface area (Å²) in [7, 11) is 4.24. The highest BCUT2D eigenvalue weighted by molar-refractivity contribution is 7.99. The van der Waals surface area contributed by atoms with Crippen LogP contribution in [-0.2, 0) is 6.54 Å². The maximum atomic E-state index is 3.56. The van der Waals surface area contributed by atoms with Gasteiger partial charge in [-0.15, -0.1) is 11.8 Å². The molecule has 0 aliphatic heterocycles. The SMILES string of the molecule is CN(C)CCSc1cccc(CNC2CC2)c1. The smallest absolute Gasteiger partial charge is 0.0208 e. The molecule has 1 saturated carbocycles. The van der Waals surface area contributed by atoms with Crippen LogP contribution in [0.25, 0.3) is 0 Å². The molecule has 0 unspecified atom stereocenters. The Morgan fingerprint density at radius 2 is 2.18 bits per heavy atom. The lowest BCUT2D eigenvalue weighted by Crippen LogP contribution is -2.15. The average Bonchev–Trinajstić information content (AvgIpc) is 3.10. The van der Waals surface area contributed by atoms with E-state index in [1.165, 1.54) is 23.3 Å². The Morgan fingerprint density at radius 3 is 2.88 bits per heavy atom. The van der Waals surface area contributed by atoms with Gasteiger partial charge in [0.2, 0.25) is 0 Å². The molecule has 0 aromatic heterocycles. The molecule has 1 aliphatic rings. The van der Waals surface area contributed by atoms with Crippen LogP contribution in [-0.4, -0.2) is 37.3 Å². The number of hydrogen-bond donors (Lipinski definition) is 1. The van der Waals surface area contributed by atoms with Gasteiger partial charge in [-0.05, 0) is 44.6 Å². The third-order valence-electron chi connectivity index (χ3n) is 2.88. The van der Waals surface area contributed by atoms with Crippen LogP contribution in [0.2, 0.25) is 0 Å². The molecule has 1 aromatic carbocycles. The zero-order chi connectivity index (χ0) is 12.1. The van der Waals surface area contributed by atoms with E-state index in [4.69, 9.17) is 0 Å². The Morgan fingerprint density at radius 1 is 1.35 bits per heavy atom. The largest absolute Gasteiger partial charge is 0.310 e. The Hall–Kier alpha value is -0.510. The molecule has 0 atom stereocenters. The molecule has 2 nitrogen and oxygen atoms in total. The van der Waals surface area contributed by atoms with Gasteiger partial charge in [0, 0.05) is 29.8 Å². The first-order valence-corrected chi connectivity index (χ1v) is 7.32. The van der Waals surface area contributed by atoms with Crippen LogP contribution in [0.15, 0.2) is 29.2 Å². The minimum Gasteiger partial charge on any atom is -0.310 e. The molecular formula is C14H22N2S. The Labute approximate surface area is 109 Å². The number of nitrogens with one attached hydrogen (secondary N) is 1. The van der Waals surface area contributed by atoms with Gasteiger partial charge in [0.25, 0.3) is 0 Å². The van der Waals surface area contributed by atoms with Crippen LogP contribution < -0.4 is 5.32 Å². The fraction of sp³-hybridized carbons (Fsp3) is 0.571. The van der Waals surface area contributed by atoms with E-state index in [-0.39, 0.29) is 0 Å². The molecule has 17 heavy (non-hydrogen) atoms. The van der Waals surface area contributed by atoms with Gasteiger partial charge in [-0.2, -0.15) is 0 Å². The first-order valence-electron chi connectivity index (χ1n) is 6.34. The highest BCUT2D eigenvalue weighted by Gasteiger charge is 2.19. The van der Waals surface area contributed by atoms with E-state index < -0.39 is 0 Å². The lowest BCUT2D eigenvalue weighted by atomic mass is 10.2. The van der Waals surface area contributed by atoms with Crippen molar-refractivity contribution in [3.63, 3.8) is 0 Å². The molecule has 0 amide bonds. The molecule has 0 radical (unpaired) electrons. The summed E-state index contributed by atoms with van der Waals surface area (Å²) in [5.74, 6) is 1.16. The Bertz CT molecular complexity index is 348. The molecular weight excluding hydrogens is 228 g/mol. The monoisotopic (exact) mass is 250 g/mol. The highest BCUT2D eigenvalue weighted by atomic mass is 32.2. The molecule has 0 spiro atoms. The van der Waals surface area contributed by atoms with Crippen molar-refractivity contribution in [3.8, 4) is 0 Å². The molecule has 94 valence electrons. The molecule has 1 aromatic rings. The second-order valence-electron chi connectivity index (χ2n) is 4.95. The predicted molar refractivity (Wildman–Crippen MR) is 75.6 cm³/mol. The van der Waals surface area contributed by atoms with Crippen LogP contribution in [0.4, 0.5) is 0 Å². The van der Waals surface area contributed by atoms with Crippen LogP contribution in [0, 0.1) is 0 Å². The molecule has 1 fully saturated rings. The van der Waals surface area contributed by atoms with Gasteiger partial charge in [-0.3, -0.25) is 0 Å². The molecule has 0 saturated heterocycles. The lowest BCUT2D eigenvalue weighted by Gasteiger charge is -2.09. The second kappa shape index (κ2) is 6.43. The molecule has 1 aliphatic carbocycles. The number of rotatable bonds is 7. The third kappa shape index (κ3) is 5.11. The molecule has 0 bridgehead atoms. The van der Waals surface area contributed by atoms with E-state index in [1.54, 1.807) is 0 Å². The third-order valence-corrected chi connectivity index (χ3v) is 3.85. The van der Waals surface area contributed by atoms with Crippen LogP contribution in [0.1, 0.15) is 18.4 Å². The molecule has 1 N–H and O–H groups in total. The first-order chi connectivity index (χ1) is 8.24. The van der Waals surface area contributed by atoms with E-state index in [9.17, 15) is 0 Å². The van der Waals surface area contributed by atoms with Crippen molar-refractivity contribution < 1.29 is 0 Å². The van der Waals surface area contributed by atoms with Crippen molar-refractivity contribution in [2.24, 2.45) is 0 Å². The predicted octanol–water partition coefficient (Wildman–Crippen LogP) is 2.59. The lowest BCUT2D eigenvalue weighted by molar-refractivity contribution is 0.437. The first kappa shape index (κ1) is 12.9. The summed E-state index contributed by atoms with van der Waals surface area (Å²) < 4.78 is 0. The van der Waals surface area contributed by atoms with Crippen molar-refractivity contribution in [1.29, 1.82) is 0 Å². The van der Waals surface area contributed by atoms with E-state index in [1.807, 2.05) is 11.8 Å². The van der Waals surface area contributed by atoms with Crippen molar-refractivity contribution in [2.75, 3.05) is 26.4 Å². The van der Waals surface area contributed by atoms with Gasteiger partial charge >= 0.3 is 0 Å². The Balaban J connectivity index is 1.78. The van der Waals surface area contributed by atoms with E-state index in [2.05, 4.69) is 48.6 Å². The van der Waals surface area contributed by atoms with Crippen molar-refractivity contribution in [2.45, 2.75) is 30.3 Å². The van der Waals surface area contributed by atoms with E-state index in [0.29, 0.717) is 0 Å². The summed E-state index contributed by atoms with van der Waals surface area (Å²) in [5, 5.41) is 3.56. The highest BCUT2D eigenvalue weighted by Crippen LogP contribution is 2.21. The standard InChI is InChI=1S/C14H22N2S/c1-16(2)8-9-17-14-5-3-4-12(10-14)11-15-13-6-7-13/h3-5,10,13,15H,6-9,11H2,1-2H3. The van der Waals surface area contributed by atoms with Gasteiger partial charge in [-0.25, -0.2) is 0 Å². The van der Waals surface area contributed by atoms with E-state index in [0.717, 1.165) is 24.9 Å². The van der Waals surface area contributed by atoms with Crippen molar-refractivity contribution in [1.82, 2.24) is 10.2 Å². The number of benzene rings is 1. The van der Waals surface area contributed by atoms with Gasteiger partial charge in [0.1, 0.15) is 0 Å². The Kier molecular flexibility index (Phi) is 4.89. The van der Waals surface area contributed by atoms with E-state index >= 15 is 0 Å². The average molecular weight is 250 g/mol. The van der Waals surface area contributed by atoms with Gasteiger partial charge in [-0.1, -0.05) is 12.1 Å². The topological polar surface area (TPSA) is 15.3 Å². The van der Waals surface area contributed by atoms with Gasteiger partial charge in [0.05, 0.1) is 0 Å². The molecule has 3 heteroatoms. The zero-order valence-corrected chi connectivity index (χ0v) is 11.6. The maximum absolute atomic E-state index is 3.56. The summed E-state index contributed by atoms with van der Waals surface area (Å²) in [5.41, 5.74) is 1.41. The number of nitrogens with zero attached hydrogens (tertiary/aromatic N) is 1. The quantitative estimate of drug-likeness (QED) is 0.749. The molecule has 0 heterocycles. The normalized spacial score (nSPS) is 15.5. The van der Waals surface area contributed by atoms with Crippen LogP contribution in [0.3, 0.4) is 0 Å². The zero-order valence-electron chi connectivity index (χ0n) is 10.8. The summed E-state index contributed by atoms with van der Waals surface area (Å²) in [4.78, 5) is 3.62. The second-order valence-corrected chi connectivity index (χ2v) is 6.12. The fourth-order valence-electron chi connectivity index (χ4n) is 1.64. The number of thioether (sulfide) groups is 1. The van der Waals surface area contributed by atoms with Gasteiger partial charge in [0.15, 0.2) is 0 Å². The summed E-state index contributed by atoms with van der Waals surface area (Å²) in [6.07, 6.45) is 2.72. The van der Waals surface area contributed by atoms with Gasteiger partial charge < -0.3 is 10.2 Å². The minimum absolute atomic E-state index is 0.792. The fourth-order valence-corrected chi connectivity index (χ4v) is 2.74. The maximum Gasteiger partial charge on any atom is 0.0208 e. The van der Waals surface area contributed by atoms with Crippen molar-refractivity contribution >= 4 is 11.8 Å². The van der Waals surface area contributed by atoms with Crippen molar-refractivity contribution in [3.05, 3.63) is 29.8 Å².